The Morgan fingerprint density at radius 3 is 2.64 bits per heavy atom. The number of hydrogen-bond donors (Lipinski definition) is 1. The molecule has 1 aromatic rings. The Hall–Kier alpha value is -1.10. The molecule has 1 fully saturated rings. The van der Waals surface area contributed by atoms with E-state index < -0.39 is 0 Å². The van der Waals surface area contributed by atoms with Gasteiger partial charge in [-0.05, 0) is 65.0 Å². The van der Waals surface area contributed by atoms with Crippen LogP contribution in [0.25, 0.3) is 0 Å². The third-order valence-electron chi connectivity index (χ3n) is 4.12. The van der Waals surface area contributed by atoms with Crippen LogP contribution in [0.4, 0.5) is 0 Å². The number of benzene rings is 1. The number of halogens is 1. The van der Waals surface area contributed by atoms with E-state index in [-0.39, 0.29) is 18.2 Å². The van der Waals surface area contributed by atoms with E-state index in [1.165, 1.54) is 12.8 Å². The molecule has 0 amide bonds. The van der Waals surface area contributed by atoms with Gasteiger partial charge in [-0.2, -0.15) is 0 Å². The molecule has 1 aliphatic heterocycles. The summed E-state index contributed by atoms with van der Waals surface area (Å²) in [6.45, 7) is 7.22. The Kier molecular flexibility index (Phi) is 7.87. The van der Waals surface area contributed by atoms with E-state index in [2.05, 4.69) is 17.3 Å². The molecule has 0 spiro atoms. The fourth-order valence-electron chi connectivity index (χ4n) is 2.86. The molecule has 22 heavy (non-hydrogen) atoms. The monoisotopic (exact) mass is 326 g/mol. The molecule has 0 radical (unpaired) electrons. The number of nitrogens with one attached hydrogen (secondary N) is 1. The lowest BCUT2D eigenvalue weighted by Gasteiger charge is -2.32. The van der Waals surface area contributed by atoms with Gasteiger partial charge in [-0.25, -0.2) is 0 Å². The summed E-state index contributed by atoms with van der Waals surface area (Å²) in [6.07, 6.45) is 2.35. The molecule has 5 heteroatoms. The number of Topliss-reactive ketones (excluding diaryl/α,β-unsaturated/α-hetero) is 1. The molecule has 0 unspecified atom stereocenters. The number of hydrogen-bond acceptors (Lipinski definition) is 4. The zero-order valence-corrected chi connectivity index (χ0v) is 14.5. The minimum Gasteiger partial charge on any atom is -0.494 e. The highest BCUT2D eigenvalue weighted by molar-refractivity contribution is 5.94. The van der Waals surface area contributed by atoms with Gasteiger partial charge < -0.3 is 10.1 Å². The maximum atomic E-state index is 11.6. The maximum absolute atomic E-state index is 11.6. The zero-order chi connectivity index (χ0) is 15.2. The first-order valence-corrected chi connectivity index (χ1v) is 7.79. The summed E-state index contributed by atoms with van der Waals surface area (Å²) in [5.74, 6) is 0.993. The van der Waals surface area contributed by atoms with Gasteiger partial charge in [0.05, 0.1) is 6.61 Å². The fraction of sp³-hybridized carbons (Fsp3) is 0.588. The number of carbonyl (C=O) groups excluding carboxylic acids is 1. The van der Waals surface area contributed by atoms with Crippen molar-refractivity contribution in [2.75, 3.05) is 26.7 Å². The van der Waals surface area contributed by atoms with Crippen molar-refractivity contribution >= 4 is 18.2 Å². The molecule has 0 bridgehead atoms. The topological polar surface area (TPSA) is 41.6 Å². The van der Waals surface area contributed by atoms with Crippen molar-refractivity contribution < 1.29 is 9.53 Å². The molecule has 0 aliphatic carbocycles. The van der Waals surface area contributed by atoms with Crippen LogP contribution in [0.15, 0.2) is 18.2 Å². The molecular formula is C17H27ClN2O2. The van der Waals surface area contributed by atoms with Gasteiger partial charge >= 0.3 is 0 Å². The highest BCUT2D eigenvalue weighted by Gasteiger charge is 2.19. The smallest absolute Gasteiger partial charge is 0.159 e. The predicted octanol–water partition coefficient (Wildman–Crippen LogP) is 2.89. The van der Waals surface area contributed by atoms with Gasteiger partial charge in [-0.1, -0.05) is 0 Å². The van der Waals surface area contributed by atoms with Crippen molar-refractivity contribution in [3.63, 3.8) is 0 Å². The minimum absolute atomic E-state index is 0. The average Bonchev–Trinajstić information content (AvgIpc) is 2.50. The van der Waals surface area contributed by atoms with E-state index in [0.717, 1.165) is 36.5 Å². The van der Waals surface area contributed by atoms with Gasteiger partial charge in [0, 0.05) is 23.7 Å². The Morgan fingerprint density at radius 1 is 1.36 bits per heavy atom. The average molecular weight is 327 g/mol. The molecule has 0 aromatic heterocycles. The van der Waals surface area contributed by atoms with Crippen LogP contribution in [-0.4, -0.2) is 43.5 Å². The quantitative estimate of drug-likeness (QED) is 0.816. The van der Waals surface area contributed by atoms with Crippen LogP contribution in [0, 0.1) is 0 Å². The number of ketones is 1. The molecule has 1 aromatic carbocycles. The van der Waals surface area contributed by atoms with Gasteiger partial charge in [-0.3, -0.25) is 9.69 Å². The van der Waals surface area contributed by atoms with E-state index in [4.69, 9.17) is 4.74 Å². The van der Waals surface area contributed by atoms with Crippen molar-refractivity contribution in [3.05, 3.63) is 29.3 Å². The molecule has 4 nitrogen and oxygen atoms in total. The van der Waals surface area contributed by atoms with Crippen LogP contribution in [0.5, 0.6) is 5.75 Å². The number of carbonyl (C=O) groups is 1. The highest BCUT2D eigenvalue weighted by Crippen LogP contribution is 2.24. The molecule has 124 valence electrons. The van der Waals surface area contributed by atoms with Crippen molar-refractivity contribution in [1.82, 2.24) is 10.2 Å². The van der Waals surface area contributed by atoms with E-state index in [1.54, 1.807) is 6.92 Å². The van der Waals surface area contributed by atoms with Gasteiger partial charge in [0.2, 0.25) is 0 Å². The third kappa shape index (κ3) is 4.97. The number of ether oxygens (including phenoxy) is 1. The summed E-state index contributed by atoms with van der Waals surface area (Å²) in [7, 11) is 2.16. The summed E-state index contributed by atoms with van der Waals surface area (Å²) < 4.78 is 5.71. The summed E-state index contributed by atoms with van der Waals surface area (Å²) >= 11 is 0. The lowest BCUT2D eigenvalue weighted by atomic mass is 10.0. The third-order valence-corrected chi connectivity index (χ3v) is 4.12. The second-order valence-corrected chi connectivity index (χ2v) is 5.71. The molecule has 1 heterocycles. The number of piperidine rings is 1. The Morgan fingerprint density at radius 2 is 2.05 bits per heavy atom. The normalized spacial score (nSPS) is 15.5. The Labute approximate surface area is 139 Å². The minimum atomic E-state index is 0. The highest BCUT2D eigenvalue weighted by atomic mass is 35.5. The van der Waals surface area contributed by atoms with E-state index in [1.807, 2.05) is 25.1 Å². The molecule has 0 atom stereocenters. The van der Waals surface area contributed by atoms with Crippen LogP contribution < -0.4 is 10.1 Å². The summed E-state index contributed by atoms with van der Waals surface area (Å²) in [6, 6.07) is 6.35. The summed E-state index contributed by atoms with van der Waals surface area (Å²) in [5.41, 5.74) is 1.86. The predicted molar refractivity (Wildman–Crippen MR) is 92.2 cm³/mol. The largest absolute Gasteiger partial charge is 0.494 e. The Balaban J connectivity index is 0.00000242. The number of nitrogens with zero attached hydrogens (tertiary/aromatic N) is 1. The van der Waals surface area contributed by atoms with Gasteiger partial charge in [0.1, 0.15) is 5.75 Å². The summed E-state index contributed by atoms with van der Waals surface area (Å²) in [4.78, 5) is 14.0. The molecule has 1 N–H and O–H groups in total. The first kappa shape index (κ1) is 18.9. The van der Waals surface area contributed by atoms with Crippen molar-refractivity contribution in [3.8, 4) is 5.75 Å². The van der Waals surface area contributed by atoms with Crippen LogP contribution in [-0.2, 0) is 6.54 Å². The van der Waals surface area contributed by atoms with Gasteiger partial charge in [0.25, 0.3) is 0 Å². The molecule has 0 saturated carbocycles. The fourth-order valence-corrected chi connectivity index (χ4v) is 2.86. The van der Waals surface area contributed by atoms with E-state index in [9.17, 15) is 4.79 Å². The van der Waals surface area contributed by atoms with Crippen LogP contribution >= 0.6 is 12.4 Å². The lowest BCUT2D eigenvalue weighted by Crippen LogP contribution is -2.40. The second kappa shape index (κ2) is 9.13. The van der Waals surface area contributed by atoms with Crippen LogP contribution in [0.3, 0.4) is 0 Å². The Bertz CT molecular complexity index is 488. The first-order chi connectivity index (χ1) is 10.1. The molecule has 1 saturated heterocycles. The van der Waals surface area contributed by atoms with Gasteiger partial charge in [0.15, 0.2) is 5.78 Å². The molecule has 1 aliphatic rings. The SMILES string of the molecule is CCOc1ccc(C(C)=O)cc1CN(C)C1CCNCC1.Cl. The van der Waals surface area contributed by atoms with E-state index >= 15 is 0 Å². The standard InChI is InChI=1S/C17H26N2O2.ClH/c1-4-21-17-6-5-14(13(2)20)11-15(17)12-19(3)16-7-9-18-10-8-16;/h5-6,11,16,18H,4,7-10,12H2,1-3H3;1H. The van der Waals surface area contributed by atoms with Crippen molar-refractivity contribution in [2.24, 2.45) is 0 Å². The van der Waals surface area contributed by atoms with Crippen LogP contribution in [0.1, 0.15) is 42.6 Å². The number of rotatable bonds is 6. The summed E-state index contributed by atoms with van der Waals surface area (Å²) in [5, 5.41) is 3.39. The lowest BCUT2D eigenvalue weighted by molar-refractivity contribution is 0.101. The zero-order valence-electron chi connectivity index (χ0n) is 13.7. The van der Waals surface area contributed by atoms with Crippen molar-refractivity contribution in [2.45, 2.75) is 39.3 Å². The first-order valence-electron chi connectivity index (χ1n) is 7.79. The van der Waals surface area contributed by atoms with Crippen LogP contribution in [0.2, 0.25) is 0 Å². The second-order valence-electron chi connectivity index (χ2n) is 5.71. The maximum Gasteiger partial charge on any atom is 0.159 e. The van der Waals surface area contributed by atoms with Crippen molar-refractivity contribution in [1.29, 1.82) is 0 Å². The van der Waals surface area contributed by atoms with E-state index in [0.29, 0.717) is 12.6 Å². The van der Waals surface area contributed by atoms with Gasteiger partial charge in [-0.15, -0.1) is 12.4 Å². The molecule has 2 rings (SSSR count). The molecular weight excluding hydrogens is 300 g/mol.